The summed E-state index contributed by atoms with van der Waals surface area (Å²) in [6.45, 7) is 1.98. The van der Waals surface area contributed by atoms with E-state index >= 15 is 0 Å². The number of rotatable bonds is 5. The smallest absolute Gasteiger partial charge is 0.191 e. The number of aryl methyl sites for hydroxylation is 2. The molecule has 30 heavy (non-hydrogen) atoms. The number of nitriles is 1. The number of nitrogens with one attached hydrogen (secondary N) is 1. The summed E-state index contributed by atoms with van der Waals surface area (Å²) in [6.07, 6.45) is 5.60. The van der Waals surface area contributed by atoms with Crippen molar-refractivity contribution >= 4 is 34.4 Å². The van der Waals surface area contributed by atoms with Gasteiger partial charge in [0.15, 0.2) is 11.0 Å². The van der Waals surface area contributed by atoms with Crippen molar-refractivity contribution in [1.82, 2.24) is 29.3 Å². The quantitative estimate of drug-likeness (QED) is 0.374. The molecule has 4 aromatic heterocycles. The molecule has 0 bridgehead atoms. The number of thioether (sulfide) groups is 1. The van der Waals surface area contributed by atoms with Crippen LogP contribution in [0.4, 0.5) is 11.6 Å². The molecule has 0 spiro atoms. The first kappa shape index (κ1) is 19.7. The summed E-state index contributed by atoms with van der Waals surface area (Å²) in [4.78, 5) is 13.5. The van der Waals surface area contributed by atoms with Gasteiger partial charge >= 0.3 is 0 Å². The fourth-order valence-corrected chi connectivity index (χ4v) is 3.78. The highest BCUT2D eigenvalue weighted by Crippen LogP contribution is 2.32. The topological polar surface area (TPSA) is 123 Å². The lowest BCUT2D eigenvalue weighted by molar-refractivity contribution is 0.769. The fourth-order valence-electron chi connectivity index (χ4n) is 3.41. The number of fused-ring (bicyclic) bond motifs is 1. The molecule has 1 unspecified atom stereocenters. The average Bonchev–Trinajstić information content (AvgIpc) is 3.32. The van der Waals surface area contributed by atoms with E-state index in [9.17, 15) is 5.26 Å². The predicted molar refractivity (Wildman–Crippen MR) is 118 cm³/mol. The van der Waals surface area contributed by atoms with Crippen LogP contribution >= 0.6 is 11.8 Å². The summed E-state index contributed by atoms with van der Waals surface area (Å²) in [5.41, 5.74) is 10.8. The van der Waals surface area contributed by atoms with Gasteiger partial charge in [0.05, 0.1) is 28.5 Å². The van der Waals surface area contributed by atoms with Gasteiger partial charge in [0, 0.05) is 32.1 Å². The van der Waals surface area contributed by atoms with Crippen molar-refractivity contribution in [3.63, 3.8) is 0 Å². The number of pyridine rings is 1. The van der Waals surface area contributed by atoms with Crippen LogP contribution in [0.3, 0.4) is 0 Å². The van der Waals surface area contributed by atoms with Crippen LogP contribution in [0.15, 0.2) is 35.7 Å². The second-order valence-corrected chi connectivity index (χ2v) is 7.66. The van der Waals surface area contributed by atoms with Crippen LogP contribution in [-0.2, 0) is 14.1 Å². The van der Waals surface area contributed by atoms with E-state index in [0.29, 0.717) is 11.0 Å². The fraction of sp³-hybridized carbons (Fsp3) is 0.250. The lowest BCUT2D eigenvalue weighted by Crippen LogP contribution is -2.15. The molecule has 0 amide bonds. The molecule has 1 atom stereocenters. The third kappa shape index (κ3) is 3.33. The molecular weight excluding hydrogens is 398 g/mol. The minimum Gasteiger partial charge on any atom is -0.382 e. The lowest BCUT2D eigenvalue weighted by Gasteiger charge is -2.19. The van der Waals surface area contributed by atoms with Crippen molar-refractivity contribution in [3.05, 3.63) is 41.9 Å². The van der Waals surface area contributed by atoms with Crippen LogP contribution in [0.25, 0.3) is 22.3 Å². The maximum Gasteiger partial charge on any atom is 0.191 e. The first-order valence-corrected chi connectivity index (χ1v) is 10.5. The van der Waals surface area contributed by atoms with Gasteiger partial charge in [-0.3, -0.25) is 4.68 Å². The zero-order chi connectivity index (χ0) is 21.4. The SMILES string of the molecule is CSc1nc(N)c(C#N)c(NC(C)c2nc3ccn(C)c3cc2-c2ccnn2C)n1. The summed E-state index contributed by atoms with van der Waals surface area (Å²) in [6, 6.07) is 7.89. The summed E-state index contributed by atoms with van der Waals surface area (Å²) in [5.74, 6) is 0.553. The Morgan fingerprint density at radius 2 is 2.03 bits per heavy atom. The third-order valence-electron chi connectivity index (χ3n) is 4.97. The van der Waals surface area contributed by atoms with Crippen molar-refractivity contribution in [2.75, 3.05) is 17.3 Å². The minimum atomic E-state index is -0.254. The molecule has 0 fully saturated rings. The second kappa shape index (κ2) is 7.68. The highest BCUT2D eigenvalue weighted by molar-refractivity contribution is 7.98. The molecule has 0 aliphatic heterocycles. The van der Waals surface area contributed by atoms with Crippen LogP contribution in [0.5, 0.6) is 0 Å². The van der Waals surface area contributed by atoms with E-state index in [1.807, 2.05) is 54.9 Å². The van der Waals surface area contributed by atoms with E-state index in [1.165, 1.54) is 11.8 Å². The standard InChI is InChI=1S/C20H21N9S/c1-11(24-19-13(10-21)18(22)26-20(27-19)30-4)17-12(15-5-7-23-29(15)3)9-16-14(25-17)6-8-28(16)2/h5-9,11H,1-4H3,(H3,22,24,26,27). The Kier molecular flexibility index (Phi) is 5.05. The first-order chi connectivity index (χ1) is 14.4. The minimum absolute atomic E-state index is 0.157. The summed E-state index contributed by atoms with van der Waals surface area (Å²) < 4.78 is 3.85. The summed E-state index contributed by atoms with van der Waals surface area (Å²) in [7, 11) is 3.89. The summed E-state index contributed by atoms with van der Waals surface area (Å²) in [5, 5.41) is 17.7. The van der Waals surface area contributed by atoms with Gasteiger partial charge in [0.25, 0.3) is 0 Å². The van der Waals surface area contributed by atoms with E-state index in [2.05, 4.69) is 32.5 Å². The molecule has 10 heteroatoms. The Bertz CT molecular complexity index is 1280. The predicted octanol–water partition coefficient (Wildman–Crippen LogP) is 3.11. The van der Waals surface area contributed by atoms with Crippen LogP contribution < -0.4 is 11.1 Å². The van der Waals surface area contributed by atoms with Gasteiger partial charge in [-0.15, -0.1) is 0 Å². The molecule has 4 heterocycles. The lowest BCUT2D eigenvalue weighted by atomic mass is 10.0. The van der Waals surface area contributed by atoms with Gasteiger partial charge in [-0.25, -0.2) is 15.0 Å². The Hall–Kier alpha value is -3.58. The Labute approximate surface area is 178 Å². The molecule has 9 nitrogen and oxygen atoms in total. The van der Waals surface area contributed by atoms with Crippen LogP contribution in [0.1, 0.15) is 24.2 Å². The number of anilines is 2. The Morgan fingerprint density at radius 1 is 1.23 bits per heavy atom. The molecular formula is C20H21N9S. The number of hydrogen-bond acceptors (Lipinski definition) is 8. The molecule has 0 aliphatic rings. The Morgan fingerprint density at radius 3 is 2.70 bits per heavy atom. The van der Waals surface area contributed by atoms with Gasteiger partial charge in [0.2, 0.25) is 0 Å². The number of nitrogens with zero attached hydrogens (tertiary/aromatic N) is 7. The van der Waals surface area contributed by atoms with Gasteiger partial charge < -0.3 is 15.6 Å². The monoisotopic (exact) mass is 419 g/mol. The average molecular weight is 420 g/mol. The zero-order valence-corrected chi connectivity index (χ0v) is 17.9. The maximum absolute atomic E-state index is 9.54. The van der Waals surface area contributed by atoms with Crippen molar-refractivity contribution in [2.45, 2.75) is 18.1 Å². The van der Waals surface area contributed by atoms with E-state index < -0.39 is 0 Å². The number of nitrogen functional groups attached to an aromatic ring is 1. The molecule has 0 saturated heterocycles. The molecule has 152 valence electrons. The molecule has 4 rings (SSSR count). The van der Waals surface area contributed by atoms with Gasteiger partial charge in [-0.05, 0) is 31.4 Å². The normalized spacial score (nSPS) is 12.1. The van der Waals surface area contributed by atoms with E-state index in [4.69, 9.17) is 10.7 Å². The first-order valence-electron chi connectivity index (χ1n) is 9.25. The molecule has 4 aromatic rings. The molecule has 3 N–H and O–H groups in total. The van der Waals surface area contributed by atoms with E-state index in [1.54, 1.807) is 6.20 Å². The van der Waals surface area contributed by atoms with E-state index in [0.717, 1.165) is 28.0 Å². The molecule has 0 aromatic carbocycles. The number of hydrogen-bond donors (Lipinski definition) is 2. The highest BCUT2D eigenvalue weighted by Gasteiger charge is 2.21. The zero-order valence-electron chi connectivity index (χ0n) is 17.1. The van der Waals surface area contributed by atoms with Gasteiger partial charge in [0.1, 0.15) is 17.5 Å². The number of aromatic nitrogens is 6. The van der Waals surface area contributed by atoms with Gasteiger partial charge in [-0.1, -0.05) is 11.8 Å². The highest BCUT2D eigenvalue weighted by atomic mass is 32.2. The van der Waals surface area contributed by atoms with Crippen LogP contribution in [-0.4, -0.2) is 35.6 Å². The molecule has 0 radical (unpaired) electrons. The third-order valence-corrected chi connectivity index (χ3v) is 5.52. The summed E-state index contributed by atoms with van der Waals surface area (Å²) >= 11 is 1.37. The Balaban J connectivity index is 1.84. The van der Waals surface area contributed by atoms with Crippen molar-refractivity contribution in [1.29, 1.82) is 5.26 Å². The van der Waals surface area contributed by atoms with Crippen molar-refractivity contribution in [3.8, 4) is 17.3 Å². The molecule has 0 aliphatic carbocycles. The maximum atomic E-state index is 9.54. The van der Waals surface area contributed by atoms with Crippen LogP contribution in [0, 0.1) is 11.3 Å². The van der Waals surface area contributed by atoms with Crippen molar-refractivity contribution < 1.29 is 0 Å². The van der Waals surface area contributed by atoms with E-state index in [-0.39, 0.29) is 17.4 Å². The molecule has 0 saturated carbocycles. The largest absolute Gasteiger partial charge is 0.382 e. The van der Waals surface area contributed by atoms with Gasteiger partial charge in [-0.2, -0.15) is 10.4 Å². The van der Waals surface area contributed by atoms with Crippen LogP contribution in [0.2, 0.25) is 0 Å². The van der Waals surface area contributed by atoms with Crippen molar-refractivity contribution in [2.24, 2.45) is 14.1 Å². The number of nitrogens with two attached hydrogens (primary N) is 1. The second-order valence-electron chi connectivity index (χ2n) is 6.89.